The molecule has 138 valence electrons. The van der Waals surface area contributed by atoms with Crippen LogP contribution in [0.4, 0.5) is 0 Å². The van der Waals surface area contributed by atoms with Crippen LogP contribution in [0.3, 0.4) is 0 Å². The van der Waals surface area contributed by atoms with Crippen LogP contribution in [0, 0.1) is 0 Å². The maximum Gasteiger partial charge on any atom is 0.228 e. The third-order valence-electron chi connectivity index (χ3n) is 4.10. The molecule has 2 aromatic rings. The summed E-state index contributed by atoms with van der Waals surface area (Å²) in [6.45, 7) is -0.517. The first-order valence-electron chi connectivity index (χ1n) is 7.54. The second kappa shape index (κ2) is 7.40. The Kier molecular flexibility index (Phi) is 5.41. The predicted octanol–water partition coefficient (Wildman–Crippen LogP) is -0.817. The molecule has 10 nitrogen and oxygen atoms in total. The molecule has 2 aromatic heterocycles. The summed E-state index contributed by atoms with van der Waals surface area (Å²) in [6.07, 6.45) is -1.63. The van der Waals surface area contributed by atoms with Crippen LogP contribution in [0.1, 0.15) is 6.23 Å². The number of aromatic nitrogens is 4. The molecule has 1 aliphatic heterocycles. The lowest BCUT2D eigenvalue weighted by Crippen LogP contribution is -2.41. The lowest BCUT2D eigenvalue weighted by Gasteiger charge is -2.21. The molecule has 11 heteroatoms. The van der Waals surface area contributed by atoms with Gasteiger partial charge in [-0.2, -0.15) is 10.1 Å². The molecule has 25 heavy (non-hydrogen) atoms. The van der Waals surface area contributed by atoms with E-state index in [1.165, 1.54) is 36.9 Å². The minimum Gasteiger partial charge on any atom is -0.480 e. The number of fused-ring (bicyclic) bond motifs is 1. The molecule has 0 spiro atoms. The van der Waals surface area contributed by atoms with Gasteiger partial charge in [0.15, 0.2) is 17.0 Å². The molecular weight excluding hydrogens is 352 g/mol. The van der Waals surface area contributed by atoms with Crippen molar-refractivity contribution in [2.45, 2.75) is 35.8 Å². The van der Waals surface area contributed by atoms with E-state index >= 15 is 0 Å². The van der Waals surface area contributed by atoms with Crippen LogP contribution in [0.15, 0.2) is 11.4 Å². The zero-order valence-corrected chi connectivity index (χ0v) is 14.8. The van der Waals surface area contributed by atoms with Gasteiger partial charge in [0.1, 0.15) is 29.8 Å². The Bertz CT molecular complexity index is 743. The highest BCUT2D eigenvalue weighted by molar-refractivity contribution is 7.98. The van der Waals surface area contributed by atoms with Crippen LogP contribution in [-0.2, 0) is 9.47 Å². The highest BCUT2D eigenvalue weighted by Crippen LogP contribution is 2.35. The Balaban J connectivity index is 2.04. The molecular formula is C14H20N4O6S. The number of aliphatic hydroxyl groups excluding tert-OH is 3. The van der Waals surface area contributed by atoms with Gasteiger partial charge in [-0.3, -0.25) is 0 Å². The van der Waals surface area contributed by atoms with E-state index in [9.17, 15) is 15.3 Å². The molecule has 1 aliphatic rings. The standard InChI is InChI=1S/C14H20N4O6S/c1-22-10-8(21)13(24-9(10)7(20)5-19)18-11-6(4-15-18)12(23-2)17-14(16-11)25-3/h4,7-10,13,19-21H,5H2,1-3H3/t7-,8-,9+,10+,13+/m1/s1. The van der Waals surface area contributed by atoms with E-state index in [1.807, 2.05) is 6.26 Å². The molecule has 0 saturated carbocycles. The van der Waals surface area contributed by atoms with Crippen LogP contribution in [-0.4, -0.2) is 86.6 Å². The first-order chi connectivity index (χ1) is 12.0. The van der Waals surface area contributed by atoms with Crippen molar-refractivity contribution in [2.24, 2.45) is 0 Å². The number of rotatable bonds is 6. The summed E-state index contributed by atoms with van der Waals surface area (Å²) < 4.78 is 17.7. The van der Waals surface area contributed by atoms with Gasteiger partial charge in [-0.25, -0.2) is 9.67 Å². The zero-order valence-electron chi connectivity index (χ0n) is 13.9. The van der Waals surface area contributed by atoms with E-state index in [4.69, 9.17) is 14.2 Å². The summed E-state index contributed by atoms with van der Waals surface area (Å²) >= 11 is 1.34. The van der Waals surface area contributed by atoms with Crippen molar-refractivity contribution in [3.8, 4) is 5.88 Å². The summed E-state index contributed by atoms with van der Waals surface area (Å²) in [5.41, 5.74) is 0.425. The third-order valence-corrected chi connectivity index (χ3v) is 4.65. The van der Waals surface area contributed by atoms with Crippen LogP contribution in [0.5, 0.6) is 5.88 Å². The Hall–Kier alpha value is -1.50. The number of nitrogens with zero attached hydrogens (tertiary/aromatic N) is 4. The van der Waals surface area contributed by atoms with Gasteiger partial charge in [-0.15, -0.1) is 0 Å². The van der Waals surface area contributed by atoms with E-state index < -0.39 is 37.3 Å². The van der Waals surface area contributed by atoms with E-state index in [0.29, 0.717) is 22.1 Å². The summed E-state index contributed by atoms with van der Waals surface area (Å²) in [5, 5.41) is 35.0. The largest absolute Gasteiger partial charge is 0.480 e. The quantitative estimate of drug-likeness (QED) is 0.436. The van der Waals surface area contributed by atoms with E-state index in [1.54, 1.807) is 0 Å². The van der Waals surface area contributed by atoms with E-state index in [-0.39, 0.29) is 0 Å². The Morgan fingerprint density at radius 2 is 2.16 bits per heavy atom. The topological polar surface area (TPSA) is 132 Å². The normalized spacial score (nSPS) is 27.8. The minimum atomic E-state index is -1.20. The van der Waals surface area contributed by atoms with Gasteiger partial charge in [0.05, 0.1) is 19.9 Å². The Morgan fingerprint density at radius 1 is 1.40 bits per heavy atom. The van der Waals surface area contributed by atoms with Gasteiger partial charge >= 0.3 is 0 Å². The van der Waals surface area contributed by atoms with Crippen molar-refractivity contribution in [1.29, 1.82) is 0 Å². The van der Waals surface area contributed by atoms with Gasteiger partial charge in [0, 0.05) is 7.11 Å². The third kappa shape index (κ3) is 3.07. The molecule has 0 aromatic carbocycles. The van der Waals surface area contributed by atoms with Crippen molar-refractivity contribution in [3.05, 3.63) is 6.20 Å². The van der Waals surface area contributed by atoms with Gasteiger partial charge < -0.3 is 29.5 Å². The summed E-state index contributed by atoms with van der Waals surface area (Å²) in [5.74, 6) is 0.364. The second-order valence-corrected chi connectivity index (χ2v) is 6.25. The molecule has 1 saturated heterocycles. The summed E-state index contributed by atoms with van der Waals surface area (Å²) in [4.78, 5) is 8.67. The molecule has 5 atom stereocenters. The lowest BCUT2D eigenvalue weighted by molar-refractivity contribution is -0.103. The highest BCUT2D eigenvalue weighted by Gasteiger charge is 2.48. The monoisotopic (exact) mass is 372 g/mol. The first kappa shape index (κ1) is 18.3. The van der Waals surface area contributed by atoms with Crippen molar-refractivity contribution in [2.75, 3.05) is 27.1 Å². The maximum absolute atomic E-state index is 10.6. The molecule has 0 bridgehead atoms. The number of hydrogen-bond acceptors (Lipinski definition) is 10. The van der Waals surface area contributed by atoms with Gasteiger partial charge in [0.2, 0.25) is 5.88 Å². The molecule has 0 unspecified atom stereocenters. The van der Waals surface area contributed by atoms with Gasteiger partial charge in [0.25, 0.3) is 0 Å². The fourth-order valence-electron chi connectivity index (χ4n) is 2.88. The Morgan fingerprint density at radius 3 is 2.76 bits per heavy atom. The van der Waals surface area contributed by atoms with Crippen molar-refractivity contribution < 1.29 is 29.5 Å². The van der Waals surface area contributed by atoms with Crippen molar-refractivity contribution >= 4 is 22.8 Å². The number of methoxy groups -OCH3 is 2. The number of hydrogen-bond donors (Lipinski definition) is 3. The average Bonchev–Trinajstić information content (AvgIpc) is 3.20. The van der Waals surface area contributed by atoms with E-state index in [2.05, 4.69) is 15.1 Å². The predicted molar refractivity (Wildman–Crippen MR) is 87.5 cm³/mol. The smallest absolute Gasteiger partial charge is 0.228 e. The molecule has 0 amide bonds. The van der Waals surface area contributed by atoms with Crippen LogP contribution < -0.4 is 4.74 Å². The number of ether oxygens (including phenoxy) is 3. The maximum atomic E-state index is 10.6. The van der Waals surface area contributed by atoms with Crippen molar-refractivity contribution in [3.63, 3.8) is 0 Å². The molecule has 3 heterocycles. The molecule has 0 aliphatic carbocycles. The van der Waals surface area contributed by atoms with Crippen molar-refractivity contribution in [1.82, 2.24) is 19.7 Å². The minimum absolute atomic E-state index is 0.364. The number of thioether (sulfide) groups is 1. The average molecular weight is 372 g/mol. The molecule has 0 radical (unpaired) electrons. The molecule has 1 fully saturated rings. The zero-order chi connectivity index (χ0) is 18.1. The lowest BCUT2D eigenvalue weighted by atomic mass is 10.1. The first-order valence-corrected chi connectivity index (χ1v) is 8.76. The second-order valence-electron chi connectivity index (χ2n) is 5.48. The highest BCUT2D eigenvalue weighted by atomic mass is 32.2. The van der Waals surface area contributed by atoms with Gasteiger partial charge in [-0.05, 0) is 6.26 Å². The number of aliphatic hydroxyl groups is 3. The fourth-order valence-corrected chi connectivity index (χ4v) is 3.23. The summed E-state index contributed by atoms with van der Waals surface area (Å²) in [6, 6.07) is 0. The fraction of sp³-hybridized carbons (Fsp3) is 0.643. The van der Waals surface area contributed by atoms with Gasteiger partial charge in [-0.1, -0.05) is 11.8 Å². The SMILES string of the molecule is COc1nc(SC)nc2c1cnn2[C@H]1O[C@@H]([C@H](O)CO)[C@@H](OC)[C@H]1O. The Labute approximate surface area is 147 Å². The molecule has 3 N–H and O–H groups in total. The van der Waals surface area contributed by atoms with Crippen LogP contribution in [0.2, 0.25) is 0 Å². The van der Waals surface area contributed by atoms with Crippen LogP contribution in [0.25, 0.3) is 11.0 Å². The molecule has 3 rings (SSSR count). The summed E-state index contributed by atoms with van der Waals surface area (Å²) in [7, 11) is 2.90. The van der Waals surface area contributed by atoms with E-state index in [0.717, 1.165) is 0 Å². The van der Waals surface area contributed by atoms with Crippen LogP contribution >= 0.6 is 11.8 Å².